The van der Waals surface area contributed by atoms with Crippen molar-refractivity contribution < 1.29 is 4.79 Å². The monoisotopic (exact) mass is 486 g/mol. The van der Waals surface area contributed by atoms with Crippen LogP contribution in [0.4, 0.5) is 5.69 Å². The molecule has 9 nitrogen and oxygen atoms in total. The maximum Gasteiger partial charge on any atom is 0.226 e. The van der Waals surface area contributed by atoms with Crippen molar-refractivity contribution >= 4 is 28.9 Å². The first-order valence-electron chi connectivity index (χ1n) is 11.4. The zero-order valence-corrected chi connectivity index (χ0v) is 20.3. The van der Waals surface area contributed by atoms with E-state index < -0.39 is 0 Å². The average molecular weight is 487 g/mol. The molecule has 1 fully saturated rings. The van der Waals surface area contributed by atoms with E-state index in [0.29, 0.717) is 18.1 Å². The maximum atomic E-state index is 12.7. The fourth-order valence-corrected chi connectivity index (χ4v) is 5.01. The average Bonchev–Trinajstić information content (AvgIpc) is 3.57. The number of carbonyl (C=O) groups is 1. The van der Waals surface area contributed by atoms with Crippen LogP contribution in [-0.2, 0) is 4.79 Å². The van der Waals surface area contributed by atoms with Crippen LogP contribution in [0, 0.1) is 13.8 Å². The third kappa shape index (κ3) is 4.52. The summed E-state index contributed by atoms with van der Waals surface area (Å²) in [4.78, 5) is 19.4. The van der Waals surface area contributed by atoms with Gasteiger partial charge in [-0.2, -0.15) is 0 Å². The van der Waals surface area contributed by atoms with Gasteiger partial charge in [0.05, 0.1) is 17.8 Å². The molecular formula is C25H26N8OS. The van der Waals surface area contributed by atoms with Crippen LogP contribution in [0.3, 0.4) is 0 Å². The number of anilines is 1. The van der Waals surface area contributed by atoms with Gasteiger partial charge in [-0.1, -0.05) is 24.3 Å². The zero-order valence-electron chi connectivity index (χ0n) is 19.5. The maximum absolute atomic E-state index is 12.7. The van der Waals surface area contributed by atoms with Crippen LogP contribution < -0.4 is 10.6 Å². The molecule has 2 atom stereocenters. The van der Waals surface area contributed by atoms with Crippen molar-refractivity contribution in [1.29, 1.82) is 0 Å². The summed E-state index contributed by atoms with van der Waals surface area (Å²) in [6, 6.07) is 17.2. The minimum absolute atomic E-state index is 0.0611. The number of aromatic nitrogens is 5. The number of amides is 1. The number of pyridine rings is 1. The predicted molar refractivity (Wildman–Crippen MR) is 137 cm³/mol. The van der Waals surface area contributed by atoms with Gasteiger partial charge in [0.25, 0.3) is 0 Å². The van der Waals surface area contributed by atoms with Crippen molar-refractivity contribution in [1.82, 2.24) is 34.8 Å². The van der Waals surface area contributed by atoms with Crippen molar-refractivity contribution in [3.63, 3.8) is 0 Å². The number of thiocarbonyl (C=S) groups is 1. The molecule has 0 radical (unpaired) electrons. The van der Waals surface area contributed by atoms with Crippen molar-refractivity contribution in [3.05, 3.63) is 96.1 Å². The van der Waals surface area contributed by atoms with E-state index in [0.717, 1.165) is 28.3 Å². The van der Waals surface area contributed by atoms with Gasteiger partial charge >= 0.3 is 0 Å². The van der Waals surface area contributed by atoms with E-state index in [1.54, 1.807) is 18.9 Å². The SMILES string of the molecule is Cc1cc(C2C(c3ccccn3)NC(=S)N2CCC(=O)Nc2ccccc2)c(C)n1-n1cnnc1. The standard InChI is InChI=1S/C25H26N8OS/c1-17-14-20(18(2)33(17)31-15-27-28-16-31)24-23(21-10-6-7-12-26-21)30-25(35)32(24)13-11-22(34)29-19-8-4-3-5-9-19/h3-10,12,14-16,23-24H,11,13H2,1-2H3,(H,29,34)(H,30,35). The topological polar surface area (TPSA) is 92.9 Å². The zero-order chi connectivity index (χ0) is 24.4. The van der Waals surface area contributed by atoms with Gasteiger partial charge in [0.1, 0.15) is 12.7 Å². The van der Waals surface area contributed by atoms with Crippen LogP contribution in [0.2, 0.25) is 0 Å². The molecule has 1 aromatic carbocycles. The van der Waals surface area contributed by atoms with Crippen molar-refractivity contribution in [3.8, 4) is 0 Å². The Labute approximate surface area is 208 Å². The third-order valence-corrected chi connectivity index (χ3v) is 6.58. The molecule has 4 aromatic rings. The summed E-state index contributed by atoms with van der Waals surface area (Å²) in [7, 11) is 0. The molecule has 10 heteroatoms. The number of aryl methyl sites for hydroxylation is 1. The Kier molecular flexibility index (Phi) is 6.28. The van der Waals surface area contributed by atoms with E-state index in [1.807, 2.05) is 60.1 Å². The number of nitrogens with one attached hydrogen (secondary N) is 2. The number of rotatable bonds is 7. The lowest BCUT2D eigenvalue weighted by Gasteiger charge is -2.28. The highest BCUT2D eigenvalue weighted by molar-refractivity contribution is 7.80. The molecule has 1 aliphatic heterocycles. The summed E-state index contributed by atoms with van der Waals surface area (Å²) in [5, 5.41) is 14.9. The largest absolute Gasteiger partial charge is 0.352 e. The fourth-order valence-electron chi connectivity index (χ4n) is 4.68. The Morgan fingerprint density at radius 3 is 2.54 bits per heavy atom. The quantitative estimate of drug-likeness (QED) is 0.387. The smallest absolute Gasteiger partial charge is 0.226 e. The minimum atomic E-state index is -0.157. The molecule has 1 amide bonds. The fraction of sp³-hybridized carbons (Fsp3) is 0.240. The van der Waals surface area contributed by atoms with Gasteiger partial charge in [-0.25, -0.2) is 4.68 Å². The summed E-state index contributed by atoms with van der Waals surface area (Å²) in [6.07, 6.45) is 5.42. The van der Waals surface area contributed by atoms with Gasteiger partial charge in [0.15, 0.2) is 5.11 Å². The summed E-state index contributed by atoms with van der Waals surface area (Å²) in [5.74, 6) is -0.0611. The molecule has 178 valence electrons. The van der Waals surface area contributed by atoms with Gasteiger partial charge in [0, 0.05) is 41.8 Å². The number of hydrogen-bond acceptors (Lipinski definition) is 5. The number of hydrogen-bond donors (Lipinski definition) is 2. The van der Waals surface area contributed by atoms with Crippen LogP contribution in [0.25, 0.3) is 0 Å². The second kappa shape index (κ2) is 9.67. The summed E-state index contributed by atoms with van der Waals surface area (Å²) in [5.41, 5.74) is 4.85. The van der Waals surface area contributed by atoms with E-state index in [1.165, 1.54) is 0 Å². The van der Waals surface area contributed by atoms with Crippen LogP contribution in [0.1, 0.15) is 41.1 Å². The van der Waals surface area contributed by atoms with Crippen molar-refractivity contribution in [2.45, 2.75) is 32.4 Å². The molecular weight excluding hydrogens is 460 g/mol. The Morgan fingerprint density at radius 1 is 1.09 bits per heavy atom. The number of nitrogens with zero attached hydrogens (tertiary/aromatic N) is 6. The van der Waals surface area contributed by atoms with Crippen molar-refractivity contribution in [2.24, 2.45) is 0 Å². The number of carbonyl (C=O) groups excluding carboxylic acids is 1. The summed E-state index contributed by atoms with van der Waals surface area (Å²) >= 11 is 5.76. The lowest BCUT2D eigenvalue weighted by molar-refractivity contribution is -0.116. The molecule has 5 rings (SSSR count). The molecule has 0 saturated carbocycles. The van der Waals surface area contributed by atoms with Gasteiger partial charge in [-0.05, 0) is 56.4 Å². The van der Waals surface area contributed by atoms with Crippen LogP contribution in [-0.4, -0.2) is 47.0 Å². The van der Waals surface area contributed by atoms with E-state index in [4.69, 9.17) is 12.2 Å². The number of benzene rings is 1. The van der Waals surface area contributed by atoms with E-state index in [9.17, 15) is 4.79 Å². The molecule has 3 aromatic heterocycles. The second-order valence-electron chi connectivity index (χ2n) is 8.46. The highest BCUT2D eigenvalue weighted by Gasteiger charge is 2.41. The molecule has 0 aliphatic carbocycles. The molecule has 0 bridgehead atoms. The van der Waals surface area contributed by atoms with Crippen LogP contribution in [0.15, 0.2) is 73.4 Å². The van der Waals surface area contributed by atoms with Crippen LogP contribution in [0.5, 0.6) is 0 Å². The molecule has 4 heterocycles. The lowest BCUT2D eigenvalue weighted by atomic mass is 9.96. The highest BCUT2D eigenvalue weighted by Crippen LogP contribution is 2.40. The summed E-state index contributed by atoms with van der Waals surface area (Å²) in [6.45, 7) is 4.58. The third-order valence-electron chi connectivity index (χ3n) is 6.23. The second-order valence-corrected chi connectivity index (χ2v) is 8.85. The van der Waals surface area contributed by atoms with Gasteiger partial charge in [0.2, 0.25) is 5.91 Å². The first-order chi connectivity index (χ1) is 17.0. The van der Waals surface area contributed by atoms with Crippen molar-refractivity contribution in [2.75, 3.05) is 11.9 Å². The Bertz CT molecular complexity index is 1320. The molecule has 2 unspecified atom stereocenters. The molecule has 2 N–H and O–H groups in total. The first-order valence-corrected chi connectivity index (χ1v) is 11.8. The minimum Gasteiger partial charge on any atom is -0.352 e. The van der Waals surface area contributed by atoms with E-state index >= 15 is 0 Å². The van der Waals surface area contributed by atoms with E-state index in [-0.39, 0.29) is 18.0 Å². The molecule has 1 saturated heterocycles. The Morgan fingerprint density at radius 2 is 1.83 bits per heavy atom. The predicted octanol–water partition coefficient (Wildman–Crippen LogP) is 3.40. The molecule has 35 heavy (non-hydrogen) atoms. The highest BCUT2D eigenvalue weighted by atomic mass is 32.1. The summed E-state index contributed by atoms with van der Waals surface area (Å²) < 4.78 is 3.91. The van der Waals surface area contributed by atoms with Gasteiger partial charge in [-0.15, -0.1) is 10.2 Å². The molecule has 1 aliphatic rings. The Balaban J connectivity index is 1.46. The van der Waals surface area contributed by atoms with E-state index in [2.05, 4.69) is 48.4 Å². The van der Waals surface area contributed by atoms with Crippen LogP contribution >= 0.6 is 12.2 Å². The van der Waals surface area contributed by atoms with Gasteiger partial charge in [-0.3, -0.25) is 14.5 Å². The van der Waals surface area contributed by atoms with Gasteiger partial charge < -0.3 is 15.5 Å². The first kappa shape index (κ1) is 22.7. The number of para-hydroxylation sites is 1. The molecule has 0 spiro atoms. The Hall–Kier alpha value is -4.05. The normalized spacial score (nSPS) is 17.4. The lowest BCUT2D eigenvalue weighted by Crippen LogP contribution is -2.33.